The number of anilines is 2. The summed E-state index contributed by atoms with van der Waals surface area (Å²) in [6.07, 6.45) is 3.75. The van der Waals surface area contributed by atoms with Gasteiger partial charge in [0, 0.05) is 18.7 Å². The van der Waals surface area contributed by atoms with Gasteiger partial charge >= 0.3 is 0 Å². The maximum absolute atomic E-state index is 13.2. The van der Waals surface area contributed by atoms with Crippen molar-refractivity contribution in [1.82, 2.24) is 20.2 Å². The quantitative estimate of drug-likeness (QED) is 0.617. The number of ether oxygens (including phenoxy) is 3. The number of carbonyl (C=O) groups excluding carboxylic acids is 1. The van der Waals surface area contributed by atoms with Crippen LogP contribution in [0.3, 0.4) is 0 Å². The summed E-state index contributed by atoms with van der Waals surface area (Å²) >= 11 is 0. The van der Waals surface area contributed by atoms with Gasteiger partial charge in [0.05, 0.1) is 38.4 Å². The molecule has 0 atom stereocenters. The lowest BCUT2D eigenvalue weighted by molar-refractivity contribution is 0.102. The van der Waals surface area contributed by atoms with E-state index in [1.165, 1.54) is 27.7 Å². The van der Waals surface area contributed by atoms with Crippen molar-refractivity contribution in [3.63, 3.8) is 0 Å². The molecule has 162 valence electrons. The Bertz CT molecular complexity index is 1040. The Balaban J connectivity index is 1.70. The summed E-state index contributed by atoms with van der Waals surface area (Å²) in [6, 6.07) is 9.01. The summed E-state index contributed by atoms with van der Waals surface area (Å²) in [5.74, 6) is 0.956. The molecular weight excluding hydrogens is 400 g/mol. The first-order chi connectivity index (χ1) is 15.1. The SMILES string of the molecule is COc1cc(C(=O)Nc2cc(-n3cnnn3)ccc2N2CCCC2)cc(OC)c1OC. The van der Waals surface area contributed by atoms with E-state index in [1.807, 2.05) is 18.2 Å². The molecule has 3 aromatic rings. The van der Waals surface area contributed by atoms with Gasteiger partial charge in [-0.2, -0.15) is 0 Å². The second kappa shape index (κ2) is 8.90. The molecule has 1 N–H and O–H groups in total. The van der Waals surface area contributed by atoms with Crippen molar-refractivity contribution in [1.29, 1.82) is 0 Å². The topological polar surface area (TPSA) is 104 Å². The molecule has 1 aliphatic rings. The fraction of sp³-hybridized carbons (Fsp3) is 0.333. The number of nitrogens with one attached hydrogen (secondary N) is 1. The number of carbonyl (C=O) groups is 1. The minimum Gasteiger partial charge on any atom is -0.493 e. The fourth-order valence-electron chi connectivity index (χ4n) is 3.69. The van der Waals surface area contributed by atoms with Crippen LogP contribution < -0.4 is 24.4 Å². The Morgan fingerprint density at radius 1 is 1.00 bits per heavy atom. The highest BCUT2D eigenvalue weighted by Gasteiger charge is 2.21. The van der Waals surface area contributed by atoms with E-state index in [0.29, 0.717) is 28.5 Å². The second-order valence-corrected chi connectivity index (χ2v) is 7.02. The highest BCUT2D eigenvalue weighted by molar-refractivity contribution is 6.07. The third-order valence-electron chi connectivity index (χ3n) is 5.22. The number of benzene rings is 2. The molecule has 31 heavy (non-hydrogen) atoms. The number of rotatable bonds is 7. The molecule has 1 aliphatic heterocycles. The van der Waals surface area contributed by atoms with Gasteiger partial charge in [0.15, 0.2) is 11.5 Å². The van der Waals surface area contributed by atoms with E-state index in [0.717, 1.165) is 37.3 Å². The minimum absolute atomic E-state index is 0.298. The number of methoxy groups -OCH3 is 3. The summed E-state index contributed by atoms with van der Waals surface area (Å²) in [6.45, 7) is 1.88. The molecule has 0 bridgehead atoms. The first-order valence-electron chi connectivity index (χ1n) is 9.88. The van der Waals surface area contributed by atoms with Crippen LogP contribution in [-0.2, 0) is 0 Å². The molecule has 0 saturated carbocycles. The number of tetrazole rings is 1. The Hall–Kier alpha value is -3.82. The van der Waals surface area contributed by atoms with Crippen molar-refractivity contribution in [2.75, 3.05) is 44.6 Å². The molecule has 2 heterocycles. The predicted molar refractivity (Wildman–Crippen MR) is 115 cm³/mol. The molecule has 1 amide bonds. The van der Waals surface area contributed by atoms with Crippen LogP contribution in [0.15, 0.2) is 36.7 Å². The van der Waals surface area contributed by atoms with Gasteiger partial charge in [-0.25, -0.2) is 4.68 Å². The molecule has 4 rings (SSSR count). The van der Waals surface area contributed by atoms with Crippen LogP contribution in [0, 0.1) is 0 Å². The van der Waals surface area contributed by atoms with Gasteiger partial charge in [0.2, 0.25) is 5.75 Å². The van der Waals surface area contributed by atoms with E-state index in [1.54, 1.807) is 16.8 Å². The molecule has 1 saturated heterocycles. The molecule has 0 spiro atoms. The van der Waals surface area contributed by atoms with Crippen LogP contribution >= 0.6 is 0 Å². The van der Waals surface area contributed by atoms with Gasteiger partial charge in [-0.15, -0.1) is 5.10 Å². The van der Waals surface area contributed by atoms with E-state index >= 15 is 0 Å². The molecule has 2 aromatic carbocycles. The maximum atomic E-state index is 13.2. The molecule has 10 nitrogen and oxygen atoms in total. The zero-order chi connectivity index (χ0) is 21.8. The Morgan fingerprint density at radius 2 is 1.71 bits per heavy atom. The van der Waals surface area contributed by atoms with Crippen LogP contribution in [-0.4, -0.2) is 60.5 Å². The fourth-order valence-corrected chi connectivity index (χ4v) is 3.69. The van der Waals surface area contributed by atoms with Crippen molar-refractivity contribution in [3.05, 3.63) is 42.2 Å². The largest absolute Gasteiger partial charge is 0.493 e. The highest BCUT2D eigenvalue weighted by Crippen LogP contribution is 2.39. The summed E-state index contributed by atoms with van der Waals surface area (Å²) < 4.78 is 17.6. The van der Waals surface area contributed by atoms with Crippen LogP contribution in [0.25, 0.3) is 5.69 Å². The summed E-state index contributed by atoms with van der Waals surface area (Å²) in [4.78, 5) is 15.4. The van der Waals surface area contributed by atoms with Crippen LogP contribution in [0.2, 0.25) is 0 Å². The third-order valence-corrected chi connectivity index (χ3v) is 5.22. The molecule has 10 heteroatoms. The minimum atomic E-state index is -0.298. The van der Waals surface area contributed by atoms with Crippen molar-refractivity contribution in [2.45, 2.75) is 12.8 Å². The lowest BCUT2D eigenvalue weighted by Gasteiger charge is -2.22. The molecule has 0 radical (unpaired) electrons. The Kier molecular flexibility index (Phi) is 5.87. The van der Waals surface area contributed by atoms with Gasteiger partial charge in [-0.1, -0.05) is 0 Å². The molecule has 1 fully saturated rings. The Labute approximate surface area is 179 Å². The smallest absolute Gasteiger partial charge is 0.255 e. The van der Waals surface area contributed by atoms with E-state index in [4.69, 9.17) is 14.2 Å². The summed E-state index contributed by atoms with van der Waals surface area (Å²) in [5, 5.41) is 14.3. The first-order valence-corrected chi connectivity index (χ1v) is 9.88. The predicted octanol–water partition coefficient (Wildman–Crippen LogP) is 2.54. The second-order valence-electron chi connectivity index (χ2n) is 7.02. The molecular formula is C21H24N6O4. The van der Waals surface area contributed by atoms with E-state index in [9.17, 15) is 4.79 Å². The van der Waals surface area contributed by atoms with Gasteiger partial charge in [-0.3, -0.25) is 4.79 Å². The van der Waals surface area contributed by atoms with Crippen molar-refractivity contribution >= 4 is 17.3 Å². The lowest BCUT2D eigenvalue weighted by Crippen LogP contribution is -2.21. The third kappa shape index (κ3) is 4.09. The van der Waals surface area contributed by atoms with Gasteiger partial charge in [-0.05, 0) is 53.6 Å². The van der Waals surface area contributed by atoms with Crippen molar-refractivity contribution < 1.29 is 19.0 Å². The lowest BCUT2D eigenvalue weighted by atomic mass is 10.1. The Morgan fingerprint density at radius 3 is 2.29 bits per heavy atom. The number of nitrogens with zero attached hydrogens (tertiary/aromatic N) is 5. The van der Waals surface area contributed by atoms with E-state index in [2.05, 4.69) is 25.7 Å². The van der Waals surface area contributed by atoms with Crippen LogP contribution in [0.4, 0.5) is 11.4 Å². The molecule has 1 aromatic heterocycles. The van der Waals surface area contributed by atoms with Gasteiger partial charge < -0.3 is 24.4 Å². The maximum Gasteiger partial charge on any atom is 0.255 e. The van der Waals surface area contributed by atoms with Crippen LogP contribution in [0.1, 0.15) is 23.2 Å². The van der Waals surface area contributed by atoms with Crippen molar-refractivity contribution in [2.24, 2.45) is 0 Å². The zero-order valence-electron chi connectivity index (χ0n) is 17.7. The summed E-state index contributed by atoms with van der Waals surface area (Å²) in [5.41, 5.74) is 2.76. The van der Waals surface area contributed by atoms with E-state index in [-0.39, 0.29) is 5.91 Å². The zero-order valence-corrected chi connectivity index (χ0v) is 17.7. The normalized spacial score (nSPS) is 13.2. The first kappa shape index (κ1) is 20.5. The average molecular weight is 424 g/mol. The van der Waals surface area contributed by atoms with Gasteiger partial charge in [0.25, 0.3) is 5.91 Å². The molecule has 0 unspecified atom stereocenters. The number of amides is 1. The summed E-state index contributed by atoms with van der Waals surface area (Å²) in [7, 11) is 4.55. The number of hydrogen-bond donors (Lipinski definition) is 1. The van der Waals surface area contributed by atoms with Gasteiger partial charge in [0.1, 0.15) is 6.33 Å². The standard InChI is InChI=1S/C21H24N6O4/c1-29-18-10-14(11-19(30-2)20(18)31-3)21(28)23-16-12-15(27-13-22-24-25-27)6-7-17(16)26-8-4-5-9-26/h6-7,10-13H,4-5,8-9H2,1-3H3,(H,23,28). The van der Waals surface area contributed by atoms with E-state index < -0.39 is 0 Å². The molecule has 0 aliphatic carbocycles. The number of aromatic nitrogens is 4. The number of hydrogen-bond acceptors (Lipinski definition) is 8. The van der Waals surface area contributed by atoms with Crippen molar-refractivity contribution in [3.8, 4) is 22.9 Å². The average Bonchev–Trinajstić information content (AvgIpc) is 3.52. The highest BCUT2D eigenvalue weighted by atomic mass is 16.5. The van der Waals surface area contributed by atoms with Crippen LogP contribution in [0.5, 0.6) is 17.2 Å². The monoisotopic (exact) mass is 424 g/mol.